The minimum Gasteiger partial charge on any atom is -0.349 e. The molecule has 1 saturated carbocycles. The molecule has 1 heterocycles. The summed E-state index contributed by atoms with van der Waals surface area (Å²) < 4.78 is 28.8. The zero-order valence-electron chi connectivity index (χ0n) is 11.6. The Morgan fingerprint density at radius 1 is 1.37 bits per heavy atom. The van der Waals surface area contributed by atoms with Gasteiger partial charge < -0.3 is 9.88 Å². The minimum atomic E-state index is -3.36. The molecule has 108 valence electrons. The van der Waals surface area contributed by atoms with Gasteiger partial charge in [0.25, 0.3) is 0 Å². The molecule has 19 heavy (non-hydrogen) atoms. The molecule has 1 aromatic heterocycles. The van der Waals surface area contributed by atoms with Crippen molar-refractivity contribution >= 4 is 10.0 Å². The lowest BCUT2D eigenvalue weighted by Crippen LogP contribution is -2.24. The molecule has 0 spiro atoms. The van der Waals surface area contributed by atoms with Gasteiger partial charge in [-0.3, -0.25) is 0 Å². The van der Waals surface area contributed by atoms with E-state index in [1.807, 2.05) is 18.4 Å². The van der Waals surface area contributed by atoms with E-state index in [0.29, 0.717) is 17.5 Å². The Labute approximate surface area is 115 Å². The van der Waals surface area contributed by atoms with Crippen LogP contribution in [0.25, 0.3) is 0 Å². The number of hydrogen-bond acceptors (Lipinski definition) is 3. The first-order chi connectivity index (χ1) is 9.06. The van der Waals surface area contributed by atoms with Crippen molar-refractivity contribution < 1.29 is 8.42 Å². The smallest absolute Gasteiger partial charge is 0.242 e. The standard InChI is InChI=1S/C13H23N3O2S/c1-3-7-15-19(17,18)13-8-12(16(4-2)10-13)9-14-11-5-6-11/h8,10-11,14-15H,3-7,9H2,1-2H3. The van der Waals surface area contributed by atoms with Gasteiger partial charge in [-0.2, -0.15) is 0 Å². The molecule has 0 radical (unpaired) electrons. The lowest BCUT2D eigenvalue weighted by Gasteiger charge is -2.06. The van der Waals surface area contributed by atoms with Gasteiger partial charge >= 0.3 is 0 Å². The fourth-order valence-corrected chi connectivity index (χ4v) is 3.17. The SMILES string of the molecule is CCCNS(=O)(=O)c1cc(CNC2CC2)n(CC)c1. The van der Waals surface area contributed by atoms with Crippen LogP contribution in [0.1, 0.15) is 38.8 Å². The fourth-order valence-electron chi connectivity index (χ4n) is 1.97. The maximum atomic E-state index is 12.1. The molecule has 0 saturated heterocycles. The quantitative estimate of drug-likeness (QED) is 0.760. The van der Waals surface area contributed by atoms with Crippen LogP contribution < -0.4 is 10.0 Å². The van der Waals surface area contributed by atoms with E-state index in [4.69, 9.17) is 0 Å². The van der Waals surface area contributed by atoms with Crippen molar-refractivity contribution in [2.45, 2.75) is 57.1 Å². The Bertz CT molecular complexity index is 518. The summed E-state index contributed by atoms with van der Waals surface area (Å²) in [5.41, 5.74) is 1.03. The Morgan fingerprint density at radius 3 is 2.68 bits per heavy atom. The van der Waals surface area contributed by atoms with E-state index in [-0.39, 0.29) is 0 Å². The molecule has 0 aromatic carbocycles. The summed E-state index contributed by atoms with van der Waals surface area (Å²) >= 11 is 0. The molecular weight excluding hydrogens is 262 g/mol. The lowest BCUT2D eigenvalue weighted by atomic mass is 10.4. The van der Waals surface area contributed by atoms with Crippen molar-refractivity contribution in [3.05, 3.63) is 18.0 Å². The van der Waals surface area contributed by atoms with Crippen LogP contribution in [0.2, 0.25) is 0 Å². The first kappa shape index (κ1) is 14.6. The number of nitrogens with zero attached hydrogens (tertiary/aromatic N) is 1. The van der Waals surface area contributed by atoms with Gasteiger partial charge in [-0.25, -0.2) is 13.1 Å². The Kier molecular flexibility index (Phi) is 4.65. The molecule has 0 unspecified atom stereocenters. The molecule has 1 fully saturated rings. The Balaban J connectivity index is 2.12. The minimum absolute atomic E-state index is 0.371. The summed E-state index contributed by atoms with van der Waals surface area (Å²) in [7, 11) is -3.36. The van der Waals surface area contributed by atoms with Gasteiger partial charge in [0.1, 0.15) is 0 Å². The number of nitrogens with one attached hydrogen (secondary N) is 2. The molecule has 1 aromatic rings. The second-order valence-electron chi connectivity index (χ2n) is 5.01. The van der Waals surface area contributed by atoms with Crippen molar-refractivity contribution in [1.29, 1.82) is 0 Å². The van der Waals surface area contributed by atoms with Gasteiger partial charge in [-0.1, -0.05) is 6.92 Å². The van der Waals surface area contributed by atoms with Crippen LogP contribution >= 0.6 is 0 Å². The lowest BCUT2D eigenvalue weighted by molar-refractivity contribution is 0.580. The highest BCUT2D eigenvalue weighted by Crippen LogP contribution is 2.20. The van der Waals surface area contributed by atoms with Gasteiger partial charge in [0, 0.05) is 37.6 Å². The van der Waals surface area contributed by atoms with E-state index >= 15 is 0 Å². The number of aromatic nitrogens is 1. The molecule has 0 atom stereocenters. The summed E-state index contributed by atoms with van der Waals surface area (Å²) in [5.74, 6) is 0. The van der Waals surface area contributed by atoms with Crippen LogP contribution in [-0.4, -0.2) is 25.6 Å². The third kappa shape index (κ3) is 3.81. The molecule has 0 aliphatic heterocycles. The summed E-state index contributed by atoms with van der Waals surface area (Å²) in [5, 5.41) is 3.42. The zero-order chi connectivity index (χ0) is 13.9. The van der Waals surface area contributed by atoms with Crippen molar-refractivity contribution in [1.82, 2.24) is 14.6 Å². The Morgan fingerprint density at radius 2 is 2.11 bits per heavy atom. The van der Waals surface area contributed by atoms with Gasteiger partial charge in [0.2, 0.25) is 10.0 Å². The van der Waals surface area contributed by atoms with Gasteiger partial charge in [-0.15, -0.1) is 0 Å². The topological polar surface area (TPSA) is 63.1 Å². The highest BCUT2D eigenvalue weighted by Gasteiger charge is 2.22. The average Bonchev–Trinajstić information content (AvgIpc) is 3.12. The van der Waals surface area contributed by atoms with Gasteiger partial charge in [0.05, 0.1) is 4.90 Å². The predicted molar refractivity (Wildman–Crippen MR) is 75.4 cm³/mol. The van der Waals surface area contributed by atoms with E-state index in [1.165, 1.54) is 12.8 Å². The zero-order valence-corrected chi connectivity index (χ0v) is 12.5. The summed E-state index contributed by atoms with van der Waals surface area (Å²) in [4.78, 5) is 0.371. The maximum absolute atomic E-state index is 12.1. The number of sulfonamides is 1. The van der Waals surface area contributed by atoms with E-state index < -0.39 is 10.0 Å². The monoisotopic (exact) mass is 285 g/mol. The normalized spacial score (nSPS) is 15.9. The second-order valence-corrected chi connectivity index (χ2v) is 6.77. The fraction of sp³-hybridized carbons (Fsp3) is 0.692. The van der Waals surface area contributed by atoms with Gasteiger partial charge in [-0.05, 0) is 32.3 Å². The van der Waals surface area contributed by atoms with Crippen molar-refractivity contribution in [2.24, 2.45) is 0 Å². The molecule has 2 rings (SSSR count). The van der Waals surface area contributed by atoms with Crippen molar-refractivity contribution in [3.63, 3.8) is 0 Å². The highest BCUT2D eigenvalue weighted by atomic mass is 32.2. The summed E-state index contributed by atoms with van der Waals surface area (Å²) in [6.45, 7) is 5.98. The molecule has 5 nitrogen and oxygen atoms in total. The summed E-state index contributed by atoms with van der Waals surface area (Å²) in [6.07, 6.45) is 4.98. The van der Waals surface area contributed by atoms with Crippen LogP contribution in [0, 0.1) is 0 Å². The molecular formula is C13H23N3O2S. The van der Waals surface area contributed by atoms with E-state index in [0.717, 1.165) is 25.2 Å². The van der Waals surface area contributed by atoms with E-state index in [9.17, 15) is 8.42 Å². The first-order valence-corrected chi connectivity index (χ1v) is 8.47. The third-order valence-corrected chi connectivity index (χ3v) is 4.73. The Hall–Kier alpha value is -0.850. The molecule has 2 N–H and O–H groups in total. The largest absolute Gasteiger partial charge is 0.349 e. The average molecular weight is 285 g/mol. The number of aryl methyl sites for hydroxylation is 1. The molecule has 0 bridgehead atoms. The number of rotatable bonds is 8. The van der Waals surface area contributed by atoms with Crippen LogP contribution in [-0.2, 0) is 23.1 Å². The van der Waals surface area contributed by atoms with Crippen LogP contribution in [0.15, 0.2) is 17.2 Å². The maximum Gasteiger partial charge on any atom is 0.242 e. The van der Waals surface area contributed by atoms with Crippen molar-refractivity contribution in [2.75, 3.05) is 6.54 Å². The second kappa shape index (κ2) is 6.07. The molecule has 6 heteroatoms. The van der Waals surface area contributed by atoms with Crippen molar-refractivity contribution in [3.8, 4) is 0 Å². The summed E-state index contributed by atoms with van der Waals surface area (Å²) in [6, 6.07) is 2.40. The predicted octanol–water partition coefficient (Wildman–Crippen LogP) is 1.45. The first-order valence-electron chi connectivity index (χ1n) is 6.99. The number of hydrogen-bond donors (Lipinski definition) is 2. The molecule has 0 amide bonds. The van der Waals surface area contributed by atoms with Gasteiger partial charge in [0.15, 0.2) is 0 Å². The van der Waals surface area contributed by atoms with Crippen LogP contribution in [0.4, 0.5) is 0 Å². The molecule has 1 aliphatic rings. The van der Waals surface area contributed by atoms with Crippen LogP contribution in [0.5, 0.6) is 0 Å². The highest BCUT2D eigenvalue weighted by molar-refractivity contribution is 7.89. The molecule has 1 aliphatic carbocycles. The van der Waals surface area contributed by atoms with E-state index in [1.54, 1.807) is 12.3 Å². The van der Waals surface area contributed by atoms with E-state index in [2.05, 4.69) is 10.0 Å². The third-order valence-electron chi connectivity index (χ3n) is 3.30. The van der Waals surface area contributed by atoms with Crippen LogP contribution in [0.3, 0.4) is 0 Å².